The fraction of sp³-hybridized carbons (Fsp3) is 0.476. The second-order valence-electron chi connectivity index (χ2n) is 7.57. The number of carbonyl (C=O) groups is 1. The number of nitrogens with one attached hydrogen (secondary N) is 1. The van der Waals surface area contributed by atoms with Crippen molar-refractivity contribution in [3.8, 4) is 0 Å². The zero-order valence-corrected chi connectivity index (χ0v) is 16.1. The molecule has 0 aliphatic heterocycles. The molecule has 1 aliphatic rings. The Labute approximate surface area is 159 Å². The summed E-state index contributed by atoms with van der Waals surface area (Å²) >= 11 is 0. The number of ketones is 1. The summed E-state index contributed by atoms with van der Waals surface area (Å²) in [6.45, 7) is 9.94. The van der Waals surface area contributed by atoms with E-state index in [0.717, 1.165) is 19.3 Å². The smallest absolute Gasteiger partial charge is 0.233 e. The first-order valence-corrected chi connectivity index (χ1v) is 9.43. The standard InChI is InChI=1S/C21H27N3O3/c1-5-14-7-16(6-13(14)4)24-21-17(9-22-11-23-21)20(26)18-8-15(10-27-18)19(25)12(2)3/h8-11,13-14,16,19,25H,2,5-7H2,1,3-4H3,(H,22,23,24)/t13-,14-,16-,19?/m0/s1. The molecule has 0 aromatic carbocycles. The molecule has 144 valence electrons. The Bertz CT molecular complexity index is 830. The summed E-state index contributed by atoms with van der Waals surface area (Å²) in [5.74, 6) is 1.72. The van der Waals surface area contributed by atoms with Gasteiger partial charge in [0.1, 0.15) is 18.2 Å². The van der Waals surface area contributed by atoms with Crippen LogP contribution in [-0.2, 0) is 0 Å². The van der Waals surface area contributed by atoms with Crippen molar-refractivity contribution >= 4 is 11.6 Å². The van der Waals surface area contributed by atoms with E-state index in [1.54, 1.807) is 13.0 Å². The Morgan fingerprint density at radius 2 is 2.26 bits per heavy atom. The van der Waals surface area contributed by atoms with Gasteiger partial charge in [-0.3, -0.25) is 4.79 Å². The predicted octanol–water partition coefficient (Wildman–Crippen LogP) is 4.15. The van der Waals surface area contributed by atoms with Crippen molar-refractivity contribution in [1.29, 1.82) is 0 Å². The molecule has 0 saturated heterocycles. The highest BCUT2D eigenvalue weighted by molar-refractivity contribution is 6.10. The van der Waals surface area contributed by atoms with Gasteiger partial charge < -0.3 is 14.8 Å². The van der Waals surface area contributed by atoms with Gasteiger partial charge in [0, 0.05) is 17.8 Å². The molecule has 1 fully saturated rings. The second kappa shape index (κ2) is 8.05. The van der Waals surface area contributed by atoms with Gasteiger partial charge in [0.2, 0.25) is 5.78 Å². The summed E-state index contributed by atoms with van der Waals surface area (Å²) in [6, 6.07) is 1.84. The van der Waals surface area contributed by atoms with Crippen LogP contribution in [0.4, 0.5) is 5.82 Å². The molecule has 2 aromatic heterocycles. The van der Waals surface area contributed by atoms with Crippen molar-refractivity contribution in [3.63, 3.8) is 0 Å². The maximum atomic E-state index is 12.9. The summed E-state index contributed by atoms with van der Waals surface area (Å²) in [6.07, 6.45) is 6.77. The molecule has 27 heavy (non-hydrogen) atoms. The largest absolute Gasteiger partial charge is 0.460 e. The number of rotatable bonds is 7. The minimum absolute atomic E-state index is 0.148. The monoisotopic (exact) mass is 369 g/mol. The predicted molar refractivity (Wildman–Crippen MR) is 104 cm³/mol. The van der Waals surface area contributed by atoms with Gasteiger partial charge in [-0.15, -0.1) is 0 Å². The molecule has 6 heteroatoms. The highest BCUT2D eigenvalue weighted by atomic mass is 16.3. The average Bonchev–Trinajstić information content (AvgIpc) is 3.27. The quantitative estimate of drug-likeness (QED) is 0.563. The molecule has 2 aromatic rings. The van der Waals surface area contributed by atoms with Gasteiger partial charge >= 0.3 is 0 Å². The molecule has 1 aliphatic carbocycles. The number of aliphatic hydroxyl groups excluding tert-OH is 1. The lowest BCUT2D eigenvalue weighted by Gasteiger charge is -2.15. The van der Waals surface area contributed by atoms with E-state index >= 15 is 0 Å². The van der Waals surface area contributed by atoms with Gasteiger partial charge in [-0.1, -0.05) is 26.8 Å². The molecule has 0 radical (unpaired) electrons. The van der Waals surface area contributed by atoms with Crippen LogP contribution in [0.5, 0.6) is 0 Å². The van der Waals surface area contributed by atoms with E-state index in [4.69, 9.17) is 4.42 Å². The van der Waals surface area contributed by atoms with Crippen LogP contribution in [-0.4, -0.2) is 26.9 Å². The van der Waals surface area contributed by atoms with Gasteiger partial charge in [0.05, 0.1) is 11.8 Å². The molecule has 2 N–H and O–H groups in total. The Hall–Kier alpha value is -2.47. The van der Waals surface area contributed by atoms with E-state index in [1.165, 1.54) is 18.8 Å². The van der Waals surface area contributed by atoms with Gasteiger partial charge in [0.25, 0.3) is 0 Å². The van der Waals surface area contributed by atoms with E-state index < -0.39 is 6.10 Å². The summed E-state index contributed by atoms with van der Waals surface area (Å²) < 4.78 is 5.39. The van der Waals surface area contributed by atoms with Crippen molar-refractivity contribution in [2.45, 2.75) is 52.2 Å². The number of anilines is 1. The molecule has 2 heterocycles. The fourth-order valence-corrected chi connectivity index (χ4v) is 3.86. The summed E-state index contributed by atoms with van der Waals surface area (Å²) in [5.41, 5.74) is 1.46. The summed E-state index contributed by atoms with van der Waals surface area (Å²) in [5, 5.41) is 13.5. The van der Waals surface area contributed by atoms with Crippen LogP contribution < -0.4 is 5.32 Å². The first kappa shape index (κ1) is 19.3. The lowest BCUT2D eigenvalue weighted by molar-refractivity contribution is 0.101. The van der Waals surface area contributed by atoms with Crippen molar-refractivity contribution in [2.24, 2.45) is 11.8 Å². The summed E-state index contributed by atoms with van der Waals surface area (Å²) in [7, 11) is 0. The van der Waals surface area contributed by atoms with Crippen LogP contribution in [0.15, 0.2) is 41.4 Å². The molecule has 0 bridgehead atoms. The Morgan fingerprint density at radius 3 is 2.93 bits per heavy atom. The topological polar surface area (TPSA) is 88.2 Å². The maximum Gasteiger partial charge on any atom is 0.233 e. The molecular weight excluding hydrogens is 342 g/mol. The number of nitrogens with zero attached hydrogens (tertiary/aromatic N) is 2. The van der Waals surface area contributed by atoms with E-state index in [1.807, 2.05) is 0 Å². The van der Waals surface area contributed by atoms with Crippen molar-refractivity contribution < 1.29 is 14.3 Å². The number of aliphatic hydroxyl groups is 1. The number of hydrogen-bond donors (Lipinski definition) is 2. The number of hydrogen-bond acceptors (Lipinski definition) is 6. The van der Waals surface area contributed by atoms with Gasteiger partial charge in [-0.25, -0.2) is 9.97 Å². The van der Waals surface area contributed by atoms with Gasteiger partial charge in [-0.2, -0.15) is 0 Å². The molecular formula is C21H27N3O3. The van der Waals surface area contributed by atoms with Crippen LogP contribution >= 0.6 is 0 Å². The second-order valence-corrected chi connectivity index (χ2v) is 7.57. The Morgan fingerprint density at radius 1 is 1.48 bits per heavy atom. The van der Waals surface area contributed by atoms with Crippen LogP contribution in [0.1, 0.15) is 67.8 Å². The molecule has 0 spiro atoms. The molecule has 4 atom stereocenters. The van der Waals surface area contributed by atoms with Gasteiger partial charge in [0.15, 0.2) is 5.76 Å². The Balaban J connectivity index is 1.79. The first-order chi connectivity index (χ1) is 12.9. The molecule has 3 rings (SSSR count). The average molecular weight is 369 g/mol. The van der Waals surface area contributed by atoms with Crippen LogP contribution in [0, 0.1) is 11.8 Å². The number of furan rings is 1. The SMILES string of the molecule is C=C(C)C(O)c1coc(C(=O)c2cncnc2N[C@@H]2C[C@H](CC)[C@@H](C)C2)c1. The molecule has 1 saturated carbocycles. The zero-order valence-electron chi connectivity index (χ0n) is 16.1. The van der Waals surface area contributed by atoms with Gasteiger partial charge in [-0.05, 0) is 43.2 Å². The molecule has 0 amide bonds. The van der Waals surface area contributed by atoms with E-state index in [0.29, 0.717) is 40.4 Å². The van der Waals surface area contributed by atoms with Crippen LogP contribution in [0.2, 0.25) is 0 Å². The van der Waals surface area contributed by atoms with Crippen molar-refractivity contribution in [2.75, 3.05) is 5.32 Å². The number of carbonyl (C=O) groups excluding carboxylic acids is 1. The normalized spacial score (nSPS) is 23.2. The molecule has 1 unspecified atom stereocenters. The third-order valence-corrected chi connectivity index (χ3v) is 5.50. The third-order valence-electron chi connectivity index (χ3n) is 5.50. The fourth-order valence-electron chi connectivity index (χ4n) is 3.86. The lowest BCUT2D eigenvalue weighted by atomic mass is 9.96. The lowest BCUT2D eigenvalue weighted by Crippen LogP contribution is -2.19. The van der Waals surface area contributed by atoms with E-state index in [-0.39, 0.29) is 11.5 Å². The van der Waals surface area contributed by atoms with Crippen LogP contribution in [0.25, 0.3) is 0 Å². The summed E-state index contributed by atoms with van der Waals surface area (Å²) in [4.78, 5) is 21.2. The van der Waals surface area contributed by atoms with E-state index in [2.05, 4.69) is 35.7 Å². The first-order valence-electron chi connectivity index (χ1n) is 9.43. The van der Waals surface area contributed by atoms with Crippen molar-refractivity contribution in [1.82, 2.24) is 9.97 Å². The Kier molecular flexibility index (Phi) is 5.75. The van der Waals surface area contributed by atoms with Crippen LogP contribution in [0.3, 0.4) is 0 Å². The van der Waals surface area contributed by atoms with E-state index in [9.17, 15) is 9.90 Å². The maximum absolute atomic E-state index is 12.9. The zero-order chi connectivity index (χ0) is 19.6. The highest BCUT2D eigenvalue weighted by Gasteiger charge is 2.31. The highest BCUT2D eigenvalue weighted by Crippen LogP contribution is 2.35. The third kappa shape index (κ3) is 4.11. The minimum atomic E-state index is -0.856. The number of aromatic nitrogens is 2. The van der Waals surface area contributed by atoms with Crippen molar-refractivity contribution in [3.05, 3.63) is 53.9 Å². The minimum Gasteiger partial charge on any atom is -0.460 e. The molecule has 6 nitrogen and oxygen atoms in total.